The molecule has 1 aliphatic carbocycles. The zero-order valence-electron chi connectivity index (χ0n) is 11.2. The Morgan fingerprint density at radius 3 is 2.68 bits per heavy atom. The van der Waals surface area contributed by atoms with E-state index >= 15 is 0 Å². The zero-order valence-corrected chi connectivity index (χ0v) is 11.2. The lowest BCUT2D eigenvalue weighted by molar-refractivity contribution is -0.129. The van der Waals surface area contributed by atoms with Gasteiger partial charge in [0.2, 0.25) is 5.91 Å². The van der Waals surface area contributed by atoms with Crippen molar-refractivity contribution in [3.63, 3.8) is 0 Å². The van der Waals surface area contributed by atoms with Gasteiger partial charge in [-0.15, -0.1) is 0 Å². The number of aromatic nitrogens is 1. The molecule has 1 amide bonds. The minimum absolute atomic E-state index is 0.175. The highest BCUT2D eigenvalue weighted by molar-refractivity contribution is 5.85. The van der Waals surface area contributed by atoms with E-state index in [1.807, 2.05) is 6.92 Å². The van der Waals surface area contributed by atoms with Crippen molar-refractivity contribution in [1.82, 2.24) is 10.5 Å². The molecule has 1 heterocycles. The van der Waals surface area contributed by atoms with Gasteiger partial charge < -0.3 is 9.84 Å². The fourth-order valence-electron chi connectivity index (χ4n) is 2.56. The summed E-state index contributed by atoms with van der Waals surface area (Å²) in [6.45, 7) is 2.12. The van der Waals surface area contributed by atoms with E-state index in [4.69, 9.17) is 4.52 Å². The number of hydrogen-bond acceptors (Lipinski definition) is 4. The second-order valence-electron chi connectivity index (χ2n) is 5.23. The summed E-state index contributed by atoms with van der Waals surface area (Å²) in [7, 11) is 0. The molecule has 1 N–H and O–H groups in total. The number of hydrogen-bond donors (Lipinski definition) is 1. The number of nitrogens with one attached hydrogen (secondary N) is 1. The van der Waals surface area contributed by atoms with E-state index in [0.717, 1.165) is 31.4 Å². The number of amides is 1. The molecule has 19 heavy (non-hydrogen) atoms. The van der Waals surface area contributed by atoms with Crippen LogP contribution < -0.4 is 5.32 Å². The molecule has 0 aliphatic heterocycles. The van der Waals surface area contributed by atoms with Gasteiger partial charge in [0.1, 0.15) is 5.41 Å². The Morgan fingerprint density at radius 1 is 1.47 bits per heavy atom. The number of carbonyl (C=O) groups excluding carboxylic acids is 1. The molecule has 0 bridgehead atoms. The summed E-state index contributed by atoms with van der Waals surface area (Å²) in [4.78, 5) is 12.3. The van der Waals surface area contributed by atoms with Gasteiger partial charge in [-0.3, -0.25) is 4.79 Å². The quantitative estimate of drug-likeness (QED) is 0.848. The predicted octanol–water partition coefficient (Wildman–Crippen LogP) is 2.46. The van der Waals surface area contributed by atoms with E-state index in [9.17, 15) is 10.1 Å². The Labute approximate surface area is 113 Å². The van der Waals surface area contributed by atoms with E-state index in [-0.39, 0.29) is 5.91 Å². The maximum absolute atomic E-state index is 12.3. The van der Waals surface area contributed by atoms with Crippen molar-refractivity contribution < 1.29 is 9.32 Å². The molecule has 1 aromatic rings. The predicted molar refractivity (Wildman–Crippen MR) is 68.8 cm³/mol. The van der Waals surface area contributed by atoms with Crippen LogP contribution in [0.3, 0.4) is 0 Å². The number of nitriles is 1. The average molecular weight is 261 g/mol. The van der Waals surface area contributed by atoms with Crippen molar-refractivity contribution in [3.05, 3.63) is 17.5 Å². The van der Waals surface area contributed by atoms with Crippen molar-refractivity contribution in [1.29, 1.82) is 5.26 Å². The fourth-order valence-corrected chi connectivity index (χ4v) is 2.56. The summed E-state index contributed by atoms with van der Waals surface area (Å²) in [5, 5.41) is 16.0. The van der Waals surface area contributed by atoms with Crippen LogP contribution in [0.25, 0.3) is 0 Å². The lowest BCUT2D eigenvalue weighted by atomic mass is 9.81. The summed E-state index contributed by atoms with van der Waals surface area (Å²) < 4.78 is 5.05. The molecule has 0 radical (unpaired) electrons. The average Bonchev–Trinajstić information content (AvgIpc) is 2.69. The fraction of sp³-hybridized carbons (Fsp3) is 0.643. The molecule has 0 spiro atoms. The molecule has 2 rings (SSSR count). The molecule has 0 atom stereocenters. The largest absolute Gasteiger partial charge is 0.359 e. The topological polar surface area (TPSA) is 78.9 Å². The summed E-state index contributed by atoms with van der Waals surface area (Å²) in [5.74, 6) is 0.443. The normalized spacial score (nSPS) is 18.3. The minimum atomic E-state index is -0.856. The highest BCUT2D eigenvalue weighted by atomic mass is 16.5. The van der Waals surface area contributed by atoms with Crippen LogP contribution in [0.15, 0.2) is 10.6 Å². The first-order chi connectivity index (χ1) is 9.16. The van der Waals surface area contributed by atoms with Crippen LogP contribution in [0.1, 0.15) is 50.0 Å². The summed E-state index contributed by atoms with van der Waals surface area (Å²) in [5.41, 5.74) is -0.0697. The molecule has 0 unspecified atom stereocenters. The Morgan fingerprint density at radius 2 is 2.16 bits per heavy atom. The third-order valence-corrected chi connectivity index (χ3v) is 3.71. The van der Waals surface area contributed by atoms with Crippen molar-refractivity contribution >= 4 is 5.91 Å². The molecule has 102 valence electrons. The van der Waals surface area contributed by atoms with Crippen LogP contribution in [0.4, 0.5) is 0 Å². The zero-order chi connectivity index (χ0) is 13.7. The van der Waals surface area contributed by atoms with Crippen LogP contribution in [0.2, 0.25) is 0 Å². The molecule has 1 fully saturated rings. The van der Waals surface area contributed by atoms with E-state index in [0.29, 0.717) is 25.1 Å². The minimum Gasteiger partial charge on any atom is -0.359 e. The van der Waals surface area contributed by atoms with Gasteiger partial charge in [-0.1, -0.05) is 30.8 Å². The molecule has 1 aromatic heterocycles. The van der Waals surface area contributed by atoms with Gasteiger partial charge >= 0.3 is 0 Å². The SMILES string of the molecule is Cc1cc(CNC(=O)C2(C#N)CCCCCC2)on1. The van der Waals surface area contributed by atoms with Gasteiger partial charge in [0.15, 0.2) is 5.76 Å². The molecule has 5 heteroatoms. The van der Waals surface area contributed by atoms with Crippen LogP contribution in [0, 0.1) is 23.7 Å². The van der Waals surface area contributed by atoms with E-state index in [2.05, 4.69) is 16.5 Å². The summed E-state index contributed by atoms with van der Waals surface area (Å²) >= 11 is 0. The summed E-state index contributed by atoms with van der Waals surface area (Å²) in [6, 6.07) is 4.02. The van der Waals surface area contributed by atoms with Gasteiger partial charge in [0.25, 0.3) is 0 Å². The molecule has 5 nitrogen and oxygen atoms in total. The van der Waals surface area contributed by atoms with E-state index < -0.39 is 5.41 Å². The van der Waals surface area contributed by atoms with Crippen molar-refractivity contribution in [2.45, 2.75) is 52.0 Å². The molecular weight excluding hydrogens is 242 g/mol. The van der Waals surface area contributed by atoms with Crippen LogP contribution in [0.5, 0.6) is 0 Å². The van der Waals surface area contributed by atoms with Crippen molar-refractivity contribution in [2.75, 3.05) is 0 Å². The lowest BCUT2D eigenvalue weighted by Crippen LogP contribution is -2.39. The lowest BCUT2D eigenvalue weighted by Gasteiger charge is -2.23. The first-order valence-corrected chi connectivity index (χ1v) is 6.78. The summed E-state index contributed by atoms with van der Waals surface area (Å²) in [6.07, 6.45) is 5.43. The van der Waals surface area contributed by atoms with Crippen LogP contribution in [-0.4, -0.2) is 11.1 Å². The van der Waals surface area contributed by atoms with E-state index in [1.165, 1.54) is 0 Å². The van der Waals surface area contributed by atoms with Crippen molar-refractivity contribution in [3.8, 4) is 6.07 Å². The Kier molecular flexibility index (Phi) is 4.20. The van der Waals surface area contributed by atoms with Gasteiger partial charge in [0, 0.05) is 6.07 Å². The van der Waals surface area contributed by atoms with E-state index in [1.54, 1.807) is 6.07 Å². The second kappa shape index (κ2) is 5.87. The number of nitrogens with zero attached hydrogens (tertiary/aromatic N) is 2. The maximum atomic E-state index is 12.3. The number of carbonyl (C=O) groups is 1. The second-order valence-corrected chi connectivity index (χ2v) is 5.23. The third kappa shape index (κ3) is 3.14. The Balaban J connectivity index is 1.98. The van der Waals surface area contributed by atoms with Gasteiger partial charge in [-0.05, 0) is 19.8 Å². The molecule has 1 saturated carbocycles. The smallest absolute Gasteiger partial charge is 0.240 e. The van der Waals surface area contributed by atoms with Crippen molar-refractivity contribution in [2.24, 2.45) is 5.41 Å². The third-order valence-electron chi connectivity index (χ3n) is 3.71. The monoisotopic (exact) mass is 261 g/mol. The highest BCUT2D eigenvalue weighted by Crippen LogP contribution is 2.34. The standard InChI is InChI=1S/C14H19N3O2/c1-11-8-12(19-17-11)9-16-13(18)14(10-15)6-4-2-3-5-7-14/h8H,2-7,9H2,1H3,(H,16,18). The van der Waals surface area contributed by atoms with Gasteiger partial charge in [0.05, 0.1) is 18.3 Å². The van der Waals surface area contributed by atoms with Gasteiger partial charge in [-0.2, -0.15) is 5.26 Å². The number of rotatable bonds is 3. The van der Waals surface area contributed by atoms with Crippen LogP contribution in [-0.2, 0) is 11.3 Å². The first-order valence-electron chi connectivity index (χ1n) is 6.78. The number of aryl methyl sites for hydroxylation is 1. The molecule has 0 aromatic carbocycles. The van der Waals surface area contributed by atoms with Gasteiger partial charge in [-0.25, -0.2) is 0 Å². The molecule has 0 saturated heterocycles. The highest BCUT2D eigenvalue weighted by Gasteiger charge is 2.38. The Bertz CT molecular complexity index is 479. The molecule has 1 aliphatic rings. The molecular formula is C14H19N3O2. The Hall–Kier alpha value is -1.83. The first kappa shape index (κ1) is 13.6. The maximum Gasteiger partial charge on any atom is 0.240 e. The van der Waals surface area contributed by atoms with Crippen LogP contribution >= 0.6 is 0 Å².